The minimum absolute atomic E-state index is 0.145. The molecule has 0 amide bonds. The predicted octanol–water partition coefficient (Wildman–Crippen LogP) is 2.52. The van der Waals surface area contributed by atoms with Crippen molar-refractivity contribution < 1.29 is 4.74 Å². The number of nitrogens with one attached hydrogen (secondary N) is 1. The quantitative estimate of drug-likeness (QED) is 0.679. The molecule has 1 fully saturated rings. The molecule has 3 heterocycles. The van der Waals surface area contributed by atoms with Gasteiger partial charge in [0.15, 0.2) is 5.82 Å². The molecule has 1 N–H and O–H groups in total. The zero-order valence-electron chi connectivity index (χ0n) is 16.6. The van der Waals surface area contributed by atoms with E-state index >= 15 is 0 Å². The van der Waals surface area contributed by atoms with E-state index in [9.17, 15) is 0 Å². The summed E-state index contributed by atoms with van der Waals surface area (Å²) >= 11 is 0. The average Bonchev–Trinajstić information content (AvgIpc) is 2.76. The second-order valence-corrected chi connectivity index (χ2v) is 6.98. The Balaban J connectivity index is 1.38. The lowest BCUT2D eigenvalue weighted by Crippen LogP contribution is -2.47. The van der Waals surface area contributed by atoms with Crippen molar-refractivity contribution in [3.8, 4) is 5.75 Å². The first-order valence-corrected chi connectivity index (χ1v) is 9.68. The van der Waals surface area contributed by atoms with Gasteiger partial charge in [0.25, 0.3) is 0 Å². The first-order valence-electron chi connectivity index (χ1n) is 9.68. The van der Waals surface area contributed by atoms with E-state index in [0.717, 1.165) is 49.4 Å². The van der Waals surface area contributed by atoms with Crippen LogP contribution in [0.25, 0.3) is 0 Å². The van der Waals surface area contributed by atoms with Crippen LogP contribution >= 0.6 is 0 Å². The summed E-state index contributed by atoms with van der Waals surface area (Å²) < 4.78 is 5.67. The molecular weight excluding hydrogens is 368 g/mol. The van der Waals surface area contributed by atoms with Gasteiger partial charge in [0.2, 0.25) is 11.9 Å². The standard InChI is InChI=1S/C20H24N8O/c1-15(2)29-17-6-4-16(5-7-17)24-19-25-18(14-23-26-19)27-10-12-28(13-11-27)20-21-8-3-9-22-20/h3-9,14-15H,10-13H2,1-2H3,(H,24,25,26). The number of nitrogens with zero attached hydrogens (tertiary/aromatic N) is 7. The first-order chi connectivity index (χ1) is 14.2. The van der Waals surface area contributed by atoms with Gasteiger partial charge in [-0.2, -0.15) is 10.1 Å². The largest absolute Gasteiger partial charge is 0.491 e. The number of anilines is 4. The number of benzene rings is 1. The van der Waals surface area contributed by atoms with Gasteiger partial charge in [0.05, 0.1) is 12.3 Å². The highest BCUT2D eigenvalue weighted by molar-refractivity contribution is 5.55. The van der Waals surface area contributed by atoms with Crippen molar-refractivity contribution in [2.24, 2.45) is 0 Å². The molecule has 0 saturated carbocycles. The molecule has 1 aliphatic rings. The fourth-order valence-electron chi connectivity index (χ4n) is 3.11. The number of rotatable bonds is 6. The van der Waals surface area contributed by atoms with Crippen molar-refractivity contribution in [1.29, 1.82) is 0 Å². The SMILES string of the molecule is CC(C)Oc1ccc(Nc2nncc(N3CCN(c4ncccn4)CC3)n2)cc1. The van der Waals surface area contributed by atoms with Crippen molar-refractivity contribution in [3.05, 3.63) is 48.9 Å². The Morgan fingerprint density at radius 1 is 0.966 bits per heavy atom. The molecule has 0 radical (unpaired) electrons. The maximum absolute atomic E-state index is 5.67. The fraction of sp³-hybridized carbons (Fsp3) is 0.350. The molecule has 0 atom stereocenters. The summed E-state index contributed by atoms with van der Waals surface area (Å²) in [6, 6.07) is 9.54. The average molecular weight is 392 g/mol. The van der Waals surface area contributed by atoms with Crippen LogP contribution in [0.4, 0.5) is 23.4 Å². The van der Waals surface area contributed by atoms with Gasteiger partial charge >= 0.3 is 0 Å². The molecule has 1 aliphatic heterocycles. The van der Waals surface area contributed by atoms with E-state index in [0.29, 0.717) is 5.95 Å². The van der Waals surface area contributed by atoms with E-state index in [-0.39, 0.29) is 6.10 Å². The Bertz CT molecular complexity index is 911. The van der Waals surface area contributed by atoms with Gasteiger partial charge in [-0.05, 0) is 44.2 Å². The van der Waals surface area contributed by atoms with Gasteiger partial charge < -0.3 is 19.9 Å². The van der Waals surface area contributed by atoms with Gasteiger partial charge in [0.1, 0.15) is 5.75 Å². The highest BCUT2D eigenvalue weighted by atomic mass is 16.5. The van der Waals surface area contributed by atoms with Crippen LogP contribution in [0.1, 0.15) is 13.8 Å². The molecular formula is C20H24N8O. The smallest absolute Gasteiger partial charge is 0.249 e. The Kier molecular flexibility index (Phi) is 5.64. The van der Waals surface area contributed by atoms with E-state index < -0.39 is 0 Å². The van der Waals surface area contributed by atoms with E-state index in [2.05, 4.69) is 40.3 Å². The zero-order chi connectivity index (χ0) is 20.1. The minimum Gasteiger partial charge on any atom is -0.491 e. The molecule has 9 heteroatoms. The summed E-state index contributed by atoms with van der Waals surface area (Å²) in [5.41, 5.74) is 0.881. The van der Waals surface area contributed by atoms with Crippen LogP contribution in [0, 0.1) is 0 Å². The number of piperazine rings is 1. The van der Waals surface area contributed by atoms with Gasteiger partial charge in [0, 0.05) is 44.3 Å². The molecule has 0 unspecified atom stereocenters. The molecule has 9 nitrogen and oxygen atoms in total. The highest BCUT2D eigenvalue weighted by Gasteiger charge is 2.20. The van der Waals surface area contributed by atoms with Crippen LogP contribution in [-0.2, 0) is 0 Å². The number of aromatic nitrogens is 5. The van der Waals surface area contributed by atoms with Crippen LogP contribution in [-0.4, -0.2) is 57.4 Å². The number of hydrogen-bond acceptors (Lipinski definition) is 9. The third kappa shape index (κ3) is 4.87. The summed E-state index contributed by atoms with van der Waals surface area (Å²) in [6.07, 6.45) is 5.37. The predicted molar refractivity (Wildman–Crippen MR) is 112 cm³/mol. The second-order valence-electron chi connectivity index (χ2n) is 6.98. The summed E-state index contributed by atoms with van der Waals surface area (Å²) in [4.78, 5) is 17.6. The number of ether oxygens (including phenoxy) is 1. The van der Waals surface area contributed by atoms with E-state index in [1.165, 1.54) is 0 Å². The topological polar surface area (TPSA) is 92.2 Å². The van der Waals surface area contributed by atoms with Gasteiger partial charge in [-0.3, -0.25) is 0 Å². The van der Waals surface area contributed by atoms with Crippen LogP contribution in [0.2, 0.25) is 0 Å². The van der Waals surface area contributed by atoms with E-state index in [1.54, 1.807) is 18.6 Å². The molecule has 150 valence electrons. The third-order valence-corrected chi connectivity index (χ3v) is 4.47. The Hall–Kier alpha value is -3.49. The minimum atomic E-state index is 0.145. The molecule has 0 aliphatic carbocycles. The van der Waals surface area contributed by atoms with Crippen LogP contribution in [0.15, 0.2) is 48.9 Å². The van der Waals surface area contributed by atoms with E-state index in [4.69, 9.17) is 4.74 Å². The third-order valence-electron chi connectivity index (χ3n) is 4.47. The lowest BCUT2D eigenvalue weighted by molar-refractivity contribution is 0.242. The molecule has 29 heavy (non-hydrogen) atoms. The summed E-state index contributed by atoms with van der Waals surface area (Å²) in [5.74, 6) is 2.86. The maximum atomic E-state index is 5.67. The summed E-state index contributed by atoms with van der Waals surface area (Å²) in [6.45, 7) is 7.30. The fourth-order valence-corrected chi connectivity index (χ4v) is 3.11. The number of hydrogen-bond donors (Lipinski definition) is 1. The van der Waals surface area contributed by atoms with Crippen molar-refractivity contribution in [2.75, 3.05) is 41.3 Å². The molecule has 3 aromatic rings. The second kappa shape index (κ2) is 8.68. The Morgan fingerprint density at radius 3 is 2.34 bits per heavy atom. The molecule has 0 spiro atoms. The molecule has 0 bridgehead atoms. The van der Waals surface area contributed by atoms with E-state index in [1.807, 2.05) is 44.2 Å². The lowest BCUT2D eigenvalue weighted by atomic mass is 10.3. The normalized spacial score (nSPS) is 14.2. The Morgan fingerprint density at radius 2 is 1.66 bits per heavy atom. The highest BCUT2D eigenvalue weighted by Crippen LogP contribution is 2.21. The maximum Gasteiger partial charge on any atom is 0.249 e. The van der Waals surface area contributed by atoms with Crippen molar-refractivity contribution in [3.63, 3.8) is 0 Å². The lowest BCUT2D eigenvalue weighted by Gasteiger charge is -2.35. The Labute approximate surface area is 169 Å². The first kappa shape index (κ1) is 18.9. The summed E-state index contributed by atoms with van der Waals surface area (Å²) in [5, 5.41) is 11.4. The molecule has 1 aromatic carbocycles. The zero-order valence-corrected chi connectivity index (χ0v) is 16.6. The van der Waals surface area contributed by atoms with Gasteiger partial charge in [-0.1, -0.05) is 0 Å². The molecule has 4 rings (SSSR count). The van der Waals surface area contributed by atoms with Crippen LogP contribution in [0.5, 0.6) is 5.75 Å². The van der Waals surface area contributed by atoms with Crippen molar-refractivity contribution in [1.82, 2.24) is 25.1 Å². The monoisotopic (exact) mass is 392 g/mol. The van der Waals surface area contributed by atoms with Crippen molar-refractivity contribution in [2.45, 2.75) is 20.0 Å². The van der Waals surface area contributed by atoms with Gasteiger partial charge in [-0.15, -0.1) is 5.10 Å². The summed E-state index contributed by atoms with van der Waals surface area (Å²) in [7, 11) is 0. The van der Waals surface area contributed by atoms with Crippen LogP contribution in [0.3, 0.4) is 0 Å². The van der Waals surface area contributed by atoms with Gasteiger partial charge in [-0.25, -0.2) is 9.97 Å². The molecule has 2 aromatic heterocycles. The molecule has 1 saturated heterocycles. The van der Waals surface area contributed by atoms with Crippen LogP contribution < -0.4 is 19.9 Å². The van der Waals surface area contributed by atoms with Crippen molar-refractivity contribution >= 4 is 23.4 Å².